The highest BCUT2D eigenvalue weighted by atomic mass is 19.1. The smallest absolute Gasteiger partial charge is 0.161 e. The Kier molecular flexibility index (Phi) is 4.09. The predicted molar refractivity (Wildman–Crippen MR) is 91.0 cm³/mol. The summed E-state index contributed by atoms with van der Waals surface area (Å²) >= 11 is 0. The highest BCUT2D eigenvalue weighted by molar-refractivity contribution is 5.91. The number of hydrogen-bond acceptors (Lipinski definition) is 4. The molecule has 1 aromatic heterocycles. The minimum Gasteiger partial charge on any atom is -0.490 e. The standard InChI is InChI=1S/C19H16F2N2O2/c20-13-9-14-16(4-5-22-19(14)15(21)10-13)23-11-12-2-3-17-18(8-12)25-7-1-6-24-17/h2-5,8-10H,1,6-7,11H2,(H,22,23). The van der Waals surface area contributed by atoms with E-state index in [1.54, 1.807) is 6.07 Å². The van der Waals surface area contributed by atoms with E-state index in [0.717, 1.165) is 23.8 Å². The molecule has 1 aliphatic heterocycles. The number of halogens is 2. The van der Waals surface area contributed by atoms with Gasteiger partial charge in [0.2, 0.25) is 0 Å². The van der Waals surface area contributed by atoms with Crippen molar-refractivity contribution < 1.29 is 18.3 Å². The van der Waals surface area contributed by atoms with Crippen molar-refractivity contribution in [3.63, 3.8) is 0 Å². The van der Waals surface area contributed by atoms with Crippen LogP contribution in [0.2, 0.25) is 0 Å². The molecule has 0 spiro atoms. The van der Waals surface area contributed by atoms with Crippen LogP contribution in [0, 0.1) is 11.6 Å². The number of fused-ring (bicyclic) bond motifs is 2. The number of ether oxygens (including phenoxy) is 2. The molecule has 3 aromatic rings. The van der Waals surface area contributed by atoms with Crippen molar-refractivity contribution in [2.24, 2.45) is 0 Å². The number of nitrogens with one attached hydrogen (secondary N) is 1. The Bertz CT molecular complexity index is 931. The van der Waals surface area contributed by atoms with E-state index in [0.29, 0.717) is 36.6 Å². The van der Waals surface area contributed by atoms with Crippen LogP contribution in [0.25, 0.3) is 10.9 Å². The Morgan fingerprint density at radius 1 is 1.00 bits per heavy atom. The molecule has 0 radical (unpaired) electrons. The third-order valence-corrected chi connectivity index (χ3v) is 4.06. The van der Waals surface area contributed by atoms with Crippen molar-refractivity contribution in [1.82, 2.24) is 4.98 Å². The first-order valence-corrected chi connectivity index (χ1v) is 8.07. The molecule has 4 rings (SSSR count). The molecule has 0 fully saturated rings. The predicted octanol–water partition coefficient (Wildman–Crippen LogP) is 4.29. The average molecular weight is 342 g/mol. The number of aromatic nitrogens is 1. The summed E-state index contributed by atoms with van der Waals surface area (Å²) in [6.45, 7) is 1.75. The molecule has 4 nitrogen and oxygen atoms in total. The lowest BCUT2D eigenvalue weighted by Gasteiger charge is -2.12. The minimum atomic E-state index is -0.672. The van der Waals surface area contributed by atoms with E-state index in [9.17, 15) is 8.78 Å². The highest BCUT2D eigenvalue weighted by Gasteiger charge is 2.12. The second-order valence-corrected chi connectivity index (χ2v) is 5.83. The van der Waals surface area contributed by atoms with Gasteiger partial charge in [-0.15, -0.1) is 0 Å². The summed E-state index contributed by atoms with van der Waals surface area (Å²) in [5.41, 5.74) is 1.74. The molecular weight excluding hydrogens is 326 g/mol. The first-order valence-electron chi connectivity index (χ1n) is 8.07. The molecule has 0 saturated heterocycles. The Morgan fingerprint density at radius 3 is 2.72 bits per heavy atom. The molecule has 0 amide bonds. The van der Waals surface area contributed by atoms with Gasteiger partial charge in [-0.25, -0.2) is 8.78 Å². The van der Waals surface area contributed by atoms with Gasteiger partial charge in [-0.1, -0.05) is 6.07 Å². The first-order chi connectivity index (χ1) is 12.2. The van der Waals surface area contributed by atoms with Crippen LogP contribution in [-0.2, 0) is 6.54 Å². The van der Waals surface area contributed by atoms with Crippen molar-refractivity contribution in [3.05, 3.63) is 59.8 Å². The van der Waals surface area contributed by atoms with Crippen molar-refractivity contribution in [3.8, 4) is 11.5 Å². The summed E-state index contributed by atoms with van der Waals surface area (Å²) in [5.74, 6) is 0.152. The molecule has 0 unspecified atom stereocenters. The molecular formula is C19H16F2N2O2. The zero-order chi connectivity index (χ0) is 17.2. The molecule has 2 heterocycles. The maximum Gasteiger partial charge on any atom is 0.161 e. The summed E-state index contributed by atoms with van der Waals surface area (Å²) in [5, 5.41) is 3.62. The molecule has 25 heavy (non-hydrogen) atoms. The van der Waals surface area contributed by atoms with Gasteiger partial charge in [-0.2, -0.15) is 0 Å². The molecule has 6 heteroatoms. The van der Waals surface area contributed by atoms with Gasteiger partial charge in [0.15, 0.2) is 17.3 Å². The molecule has 0 saturated carbocycles. The van der Waals surface area contributed by atoms with Gasteiger partial charge in [0, 0.05) is 36.3 Å². The fraction of sp³-hybridized carbons (Fsp3) is 0.211. The number of nitrogens with zero attached hydrogens (tertiary/aromatic N) is 1. The lowest BCUT2D eigenvalue weighted by Crippen LogP contribution is -2.02. The Balaban J connectivity index is 1.60. The molecule has 1 aliphatic rings. The fourth-order valence-electron chi connectivity index (χ4n) is 2.85. The van der Waals surface area contributed by atoms with Crippen LogP contribution in [0.15, 0.2) is 42.6 Å². The largest absolute Gasteiger partial charge is 0.490 e. The maximum atomic E-state index is 13.9. The fourth-order valence-corrected chi connectivity index (χ4v) is 2.85. The van der Waals surface area contributed by atoms with E-state index >= 15 is 0 Å². The Hall–Kier alpha value is -2.89. The van der Waals surface area contributed by atoms with Gasteiger partial charge in [0.25, 0.3) is 0 Å². The molecule has 0 atom stereocenters. The third-order valence-electron chi connectivity index (χ3n) is 4.06. The monoisotopic (exact) mass is 342 g/mol. The summed E-state index contributed by atoms with van der Waals surface area (Å²) in [4.78, 5) is 3.99. The van der Waals surface area contributed by atoms with E-state index in [2.05, 4.69) is 10.3 Å². The van der Waals surface area contributed by atoms with Gasteiger partial charge in [-0.05, 0) is 29.8 Å². The zero-order valence-electron chi connectivity index (χ0n) is 13.4. The average Bonchev–Trinajstić information content (AvgIpc) is 2.85. The molecule has 2 aromatic carbocycles. The lowest BCUT2D eigenvalue weighted by atomic mass is 10.1. The van der Waals surface area contributed by atoms with Gasteiger partial charge < -0.3 is 14.8 Å². The topological polar surface area (TPSA) is 43.4 Å². The van der Waals surface area contributed by atoms with Gasteiger partial charge >= 0.3 is 0 Å². The first kappa shape index (κ1) is 15.6. The maximum absolute atomic E-state index is 13.9. The van der Waals surface area contributed by atoms with Crippen LogP contribution in [0.5, 0.6) is 11.5 Å². The minimum absolute atomic E-state index is 0.144. The van der Waals surface area contributed by atoms with Crippen LogP contribution in [0.4, 0.5) is 14.5 Å². The van der Waals surface area contributed by atoms with Crippen molar-refractivity contribution >= 4 is 16.6 Å². The normalized spacial score (nSPS) is 13.5. The number of benzene rings is 2. The third kappa shape index (κ3) is 3.20. The van der Waals surface area contributed by atoms with E-state index in [4.69, 9.17) is 9.47 Å². The van der Waals surface area contributed by atoms with Gasteiger partial charge in [0.05, 0.1) is 13.2 Å². The van der Waals surface area contributed by atoms with Crippen molar-refractivity contribution in [1.29, 1.82) is 0 Å². The second-order valence-electron chi connectivity index (χ2n) is 5.83. The quantitative estimate of drug-likeness (QED) is 0.771. The second kappa shape index (κ2) is 6.55. The molecule has 128 valence electrons. The van der Waals surface area contributed by atoms with Gasteiger partial charge in [-0.3, -0.25) is 4.98 Å². The number of pyridine rings is 1. The van der Waals surface area contributed by atoms with Gasteiger partial charge in [0.1, 0.15) is 11.3 Å². The van der Waals surface area contributed by atoms with Crippen molar-refractivity contribution in [2.45, 2.75) is 13.0 Å². The van der Waals surface area contributed by atoms with E-state index in [-0.39, 0.29) is 5.52 Å². The number of rotatable bonds is 3. The van der Waals surface area contributed by atoms with Crippen molar-refractivity contribution in [2.75, 3.05) is 18.5 Å². The van der Waals surface area contributed by atoms with E-state index in [1.165, 1.54) is 12.3 Å². The summed E-state index contributed by atoms with van der Waals surface area (Å²) in [6, 6.07) is 9.54. The molecule has 1 N–H and O–H groups in total. The Morgan fingerprint density at radius 2 is 1.84 bits per heavy atom. The highest BCUT2D eigenvalue weighted by Crippen LogP contribution is 2.31. The summed E-state index contributed by atoms with van der Waals surface area (Å²) in [7, 11) is 0. The molecule has 0 bridgehead atoms. The SMILES string of the molecule is Fc1cc(F)c2nccc(NCc3ccc4c(c3)OCCCO4)c2c1. The molecule has 0 aliphatic carbocycles. The van der Waals surface area contributed by atoms with E-state index in [1.807, 2.05) is 18.2 Å². The van der Waals surface area contributed by atoms with Crippen LogP contribution < -0.4 is 14.8 Å². The summed E-state index contributed by atoms with van der Waals surface area (Å²) < 4.78 is 38.7. The number of anilines is 1. The Labute approximate surface area is 143 Å². The summed E-state index contributed by atoms with van der Waals surface area (Å²) in [6.07, 6.45) is 2.35. The van der Waals surface area contributed by atoms with Crippen LogP contribution in [0.3, 0.4) is 0 Å². The van der Waals surface area contributed by atoms with E-state index < -0.39 is 11.6 Å². The van der Waals surface area contributed by atoms with Crippen LogP contribution in [0.1, 0.15) is 12.0 Å². The van der Waals surface area contributed by atoms with Crippen LogP contribution in [-0.4, -0.2) is 18.2 Å². The lowest BCUT2D eigenvalue weighted by molar-refractivity contribution is 0.297. The van der Waals surface area contributed by atoms with Crippen LogP contribution >= 0.6 is 0 Å². The zero-order valence-corrected chi connectivity index (χ0v) is 13.4. The number of hydrogen-bond donors (Lipinski definition) is 1.